The summed E-state index contributed by atoms with van der Waals surface area (Å²) < 4.78 is 20.4. The second-order valence-corrected chi connectivity index (χ2v) is 16.2. The van der Waals surface area contributed by atoms with E-state index in [1.54, 1.807) is 18.7 Å². The molecule has 2 fully saturated rings. The molecule has 0 spiro atoms. The van der Waals surface area contributed by atoms with Gasteiger partial charge in [0.2, 0.25) is 11.8 Å². The SMILES string of the molecule is COC(=O)N[C@H](C(=O)N1CCC[C@H]1C1=Nc2ccc(-c3ccc4cc(-c5ccc6nc([C@@H]7CCCN7C(=O)[C@@H](NC(=O)OC)[C@@H](C)OC)[nH]c6c5)ccc4c3)cc2C1)[C@@H](C)OC. The standard InChI is InChI=1S/C47H53N7O8/c1-26(59-3)41(51-46(57)61-5)44(55)53-19-7-9-39(53)38-25-34-23-32(15-17-35(34)48-38)30-12-11-29-22-31(14-13-28(29)21-30)33-16-18-36-37(24-33)50-43(49-36)40-10-8-20-54(40)45(56)42(27(2)60-4)52-47(58)62-6/h11-18,21-24,26-27,39-42H,7-10,19-20,25H2,1-6H3,(H,49,50)(H,51,57)(H,52,58)/t26-,27-,39+,40+,41+,42+/m1/s1. The first kappa shape index (κ1) is 42.4. The van der Waals surface area contributed by atoms with Crippen molar-refractivity contribution in [2.45, 2.75) is 82.3 Å². The average Bonchev–Trinajstić information content (AvgIpc) is 4.14. The number of rotatable bonds is 12. The minimum absolute atomic E-state index is 0.162. The van der Waals surface area contributed by atoms with Crippen molar-refractivity contribution < 1.29 is 38.1 Å². The minimum atomic E-state index is -0.900. The molecule has 0 unspecified atom stereocenters. The molecule has 0 radical (unpaired) electrons. The first-order chi connectivity index (χ1) is 30.0. The van der Waals surface area contributed by atoms with Crippen LogP contribution in [0, 0.1) is 0 Å². The second-order valence-electron chi connectivity index (χ2n) is 16.2. The van der Waals surface area contributed by atoms with Gasteiger partial charge in [-0.25, -0.2) is 14.6 Å². The molecule has 2 saturated heterocycles. The number of hydrogen-bond donors (Lipinski definition) is 3. The Kier molecular flexibility index (Phi) is 12.3. The molecular formula is C47H53N7O8. The maximum absolute atomic E-state index is 13.8. The maximum Gasteiger partial charge on any atom is 0.407 e. The van der Waals surface area contributed by atoms with Crippen molar-refractivity contribution in [1.82, 2.24) is 30.4 Å². The van der Waals surface area contributed by atoms with Crippen molar-refractivity contribution >= 4 is 57.2 Å². The van der Waals surface area contributed by atoms with E-state index in [9.17, 15) is 19.2 Å². The number of ether oxygens (including phenoxy) is 4. The van der Waals surface area contributed by atoms with Crippen molar-refractivity contribution in [2.75, 3.05) is 41.5 Å². The van der Waals surface area contributed by atoms with E-state index in [2.05, 4.69) is 82.3 Å². The number of methoxy groups -OCH3 is 4. The fraction of sp³-hybridized carbons (Fsp3) is 0.404. The summed E-state index contributed by atoms with van der Waals surface area (Å²) in [6.07, 6.45) is 1.38. The van der Waals surface area contributed by atoms with Gasteiger partial charge in [0.1, 0.15) is 17.9 Å². The third-order valence-corrected chi connectivity index (χ3v) is 12.6. The minimum Gasteiger partial charge on any atom is -0.453 e. The van der Waals surface area contributed by atoms with E-state index in [1.165, 1.54) is 28.4 Å². The fourth-order valence-corrected chi connectivity index (χ4v) is 9.02. The van der Waals surface area contributed by atoms with Crippen LogP contribution in [0.3, 0.4) is 0 Å². The zero-order valence-corrected chi connectivity index (χ0v) is 35.9. The molecule has 3 N–H and O–H groups in total. The van der Waals surface area contributed by atoms with Crippen LogP contribution in [0.4, 0.5) is 15.3 Å². The smallest absolute Gasteiger partial charge is 0.407 e. The molecule has 4 heterocycles. The van der Waals surface area contributed by atoms with Crippen LogP contribution in [0.2, 0.25) is 0 Å². The molecule has 0 bridgehead atoms. The summed E-state index contributed by atoms with van der Waals surface area (Å²) >= 11 is 0. The number of carbonyl (C=O) groups is 4. The number of benzene rings is 4. The molecule has 324 valence electrons. The Hall–Kier alpha value is -6.32. The van der Waals surface area contributed by atoms with E-state index in [-0.39, 0.29) is 23.9 Å². The van der Waals surface area contributed by atoms with E-state index >= 15 is 0 Å². The van der Waals surface area contributed by atoms with Gasteiger partial charge in [0.25, 0.3) is 0 Å². The van der Waals surface area contributed by atoms with Crippen LogP contribution in [-0.4, -0.2) is 121 Å². The Labute approximate surface area is 360 Å². The third-order valence-electron chi connectivity index (χ3n) is 12.6. The molecule has 4 amide bonds. The van der Waals surface area contributed by atoms with Gasteiger partial charge in [-0.3, -0.25) is 14.6 Å². The van der Waals surface area contributed by atoms with Gasteiger partial charge < -0.3 is 44.4 Å². The van der Waals surface area contributed by atoms with E-state index in [0.29, 0.717) is 25.3 Å². The number of carbonyl (C=O) groups excluding carboxylic acids is 4. The lowest BCUT2D eigenvalue weighted by Gasteiger charge is -2.31. The summed E-state index contributed by atoms with van der Waals surface area (Å²) in [5.74, 6) is 0.257. The Balaban J connectivity index is 0.964. The predicted octanol–water partition coefficient (Wildman–Crippen LogP) is 6.85. The lowest BCUT2D eigenvalue weighted by Crippen LogP contribution is -2.56. The van der Waals surface area contributed by atoms with Crippen LogP contribution in [0.25, 0.3) is 44.1 Å². The zero-order chi connectivity index (χ0) is 43.7. The molecule has 8 rings (SSSR count). The highest BCUT2D eigenvalue weighted by Crippen LogP contribution is 2.37. The highest BCUT2D eigenvalue weighted by Gasteiger charge is 2.41. The van der Waals surface area contributed by atoms with Crippen LogP contribution in [0.5, 0.6) is 0 Å². The van der Waals surface area contributed by atoms with Crippen molar-refractivity contribution in [3.8, 4) is 22.3 Å². The van der Waals surface area contributed by atoms with Crippen LogP contribution in [-0.2, 0) is 35.0 Å². The number of likely N-dealkylation sites (tertiary alicyclic amines) is 2. The average molecular weight is 844 g/mol. The van der Waals surface area contributed by atoms with Crippen LogP contribution in [0.15, 0.2) is 77.8 Å². The third kappa shape index (κ3) is 8.34. The number of aromatic nitrogens is 2. The molecular weight excluding hydrogens is 791 g/mol. The largest absolute Gasteiger partial charge is 0.453 e. The quantitative estimate of drug-likeness (QED) is 0.121. The number of imidazole rings is 1. The highest BCUT2D eigenvalue weighted by molar-refractivity contribution is 6.01. The number of fused-ring (bicyclic) bond motifs is 3. The number of aliphatic imine (C=N–C) groups is 1. The predicted molar refractivity (Wildman–Crippen MR) is 235 cm³/mol. The summed E-state index contributed by atoms with van der Waals surface area (Å²) in [5.41, 5.74) is 8.95. The van der Waals surface area contributed by atoms with Gasteiger partial charge in [-0.2, -0.15) is 0 Å². The Morgan fingerprint density at radius 1 is 0.677 bits per heavy atom. The molecule has 5 aromatic rings. The van der Waals surface area contributed by atoms with E-state index in [0.717, 1.165) is 86.7 Å². The molecule has 15 heteroatoms. The van der Waals surface area contributed by atoms with Crippen molar-refractivity contribution in [3.63, 3.8) is 0 Å². The van der Waals surface area contributed by atoms with Gasteiger partial charge in [0, 0.05) is 39.4 Å². The van der Waals surface area contributed by atoms with Gasteiger partial charge in [0.15, 0.2) is 0 Å². The summed E-state index contributed by atoms with van der Waals surface area (Å²) in [4.78, 5) is 68.7. The van der Waals surface area contributed by atoms with Crippen molar-refractivity contribution in [3.05, 3.63) is 84.2 Å². The lowest BCUT2D eigenvalue weighted by molar-refractivity contribution is -0.138. The van der Waals surface area contributed by atoms with E-state index in [4.69, 9.17) is 28.9 Å². The first-order valence-corrected chi connectivity index (χ1v) is 21.1. The molecule has 0 saturated carbocycles. The number of hydrogen-bond acceptors (Lipinski definition) is 10. The Bertz CT molecular complexity index is 2550. The Morgan fingerprint density at radius 2 is 1.19 bits per heavy atom. The molecule has 4 aromatic carbocycles. The normalized spacial score (nSPS) is 19.2. The van der Waals surface area contributed by atoms with Crippen molar-refractivity contribution in [1.29, 1.82) is 0 Å². The molecule has 62 heavy (non-hydrogen) atoms. The summed E-state index contributed by atoms with van der Waals surface area (Å²) in [7, 11) is 5.56. The van der Waals surface area contributed by atoms with E-state index < -0.39 is 36.5 Å². The molecule has 6 atom stereocenters. The summed E-state index contributed by atoms with van der Waals surface area (Å²) in [5, 5.41) is 7.52. The van der Waals surface area contributed by atoms with Crippen LogP contribution < -0.4 is 10.6 Å². The number of H-pyrrole nitrogens is 1. The first-order valence-electron chi connectivity index (χ1n) is 21.1. The monoisotopic (exact) mass is 843 g/mol. The van der Waals surface area contributed by atoms with Crippen LogP contribution >= 0.6 is 0 Å². The van der Waals surface area contributed by atoms with Crippen LogP contribution in [0.1, 0.15) is 57.0 Å². The topological polar surface area (TPSA) is 177 Å². The summed E-state index contributed by atoms with van der Waals surface area (Å²) in [6, 6.07) is 23.3. The number of aromatic amines is 1. The van der Waals surface area contributed by atoms with Gasteiger partial charge in [-0.1, -0.05) is 36.4 Å². The fourth-order valence-electron chi connectivity index (χ4n) is 9.02. The molecule has 15 nitrogen and oxygen atoms in total. The van der Waals surface area contributed by atoms with Gasteiger partial charge in [-0.15, -0.1) is 0 Å². The highest BCUT2D eigenvalue weighted by atomic mass is 16.5. The number of amides is 4. The molecule has 3 aliphatic rings. The zero-order valence-electron chi connectivity index (χ0n) is 35.9. The number of nitrogens with one attached hydrogen (secondary N) is 3. The molecule has 0 aliphatic carbocycles. The second kappa shape index (κ2) is 18.0. The number of alkyl carbamates (subject to hydrolysis) is 2. The van der Waals surface area contributed by atoms with Gasteiger partial charge >= 0.3 is 12.2 Å². The Morgan fingerprint density at radius 3 is 1.77 bits per heavy atom. The van der Waals surface area contributed by atoms with Gasteiger partial charge in [0.05, 0.1) is 55.2 Å². The van der Waals surface area contributed by atoms with E-state index in [1.807, 2.05) is 11.0 Å². The summed E-state index contributed by atoms with van der Waals surface area (Å²) in [6.45, 7) is 4.62. The molecule has 1 aromatic heterocycles. The lowest BCUT2D eigenvalue weighted by atomic mass is 9.95. The molecule has 3 aliphatic heterocycles. The number of nitrogens with zero attached hydrogens (tertiary/aromatic N) is 4. The maximum atomic E-state index is 13.8. The van der Waals surface area contributed by atoms with Crippen molar-refractivity contribution in [2.24, 2.45) is 4.99 Å². The van der Waals surface area contributed by atoms with Gasteiger partial charge in [-0.05, 0) is 115 Å².